The van der Waals surface area contributed by atoms with Gasteiger partial charge in [-0.1, -0.05) is 23.4 Å². The highest BCUT2D eigenvalue weighted by Gasteiger charge is 2.11. The monoisotopic (exact) mass is 260 g/mol. The molecule has 7 heteroatoms. The zero-order chi connectivity index (χ0) is 12.0. The molecule has 0 spiro atoms. The summed E-state index contributed by atoms with van der Waals surface area (Å²) in [7, 11) is 0. The summed E-state index contributed by atoms with van der Waals surface area (Å²) in [5, 5.41) is 0.458. The number of hydrogen-bond acceptors (Lipinski definition) is 6. The van der Waals surface area contributed by atoms with Crippen LogP contribution in [0.5, 0.6) is 0 Å². The van der Waals surface area contributed by atoms with E-state index in [0.29, 0.717) is 17.9 Å². The molecule has 86 valence electrons. The van der Waals surface area contributed by atoms with Crippen molar-refractivity contribution in [1.29, 1.82) is 0 Å². The summed E-state index contributed by atoms with van der Waals surface area (Å²) in [5.74, 6) is -0.277. The Morgan fingerprint density at radius 3 is 3.00 bits per heavy atom. The van der Waals surface area contributed by atoms with Crippen LogP contribution in [0, 0.1) is 0 Å². The molecule has 16 heavy (non-hydrogen) atoms. The highest BCUT2D eigenvalue weighted by atomic mass is 35.5. The Labute approximate surface area is 102 Å². The van der Waals surface area contributed by atoms with Gasteiger partial charge in [-0.05, 0) is 6.92 Å². The van der Waals surface area contributed by atoms with Crippen LogP contribution < -0.4 is 0 Å². The lowest BCUT2D eigenvalue weighted by Gasteiger charge is -2.03. The molecule has 1 aromatic heterocycles. The average Bonchev–Trinajstić information content (AvgIpc) is 2.27. The zero-order valence-corrected chi connectivity index (χ0v) is 10.0. The highest BCUT2D eigenvalue weighted by Crippen LogP contribution is 2.22. The summed E-state index contributed by atoms with van der Waals surface area (Å²) in [6, 6.07) is 0. The molecule has 1 aromatic rings. The van der Waals surface area contributed by atoms with Crippen molar-refractivity contribution in [2.75, 3.05) is 12.4 Å². The average molecular weight is 261 g/mol. The van der Waals surface area contributed by atoms with E-state index in [4.69, 9.17) is 16.3 Å². The molecule has 0 aromatic carbocycles. The first-order valence-electron chi connectivity index (χ1n) is 4.43. The van der Waals surface area contributed by atoms with Crippen LogP contribution in [0.2, 0.25) is 5.15 Å². The van der Waals surface area contributed by atoms with Crippen molar-refractivity contribution in [3.63, 3.8) is 0 Å². The Morgan fingerprint density at radius 2 is 2.38 bits per heavy atom. The predicted molar refractivity (Wildman–Crippen MR) is 59.8 cm³/mol. The van der Waals surface area contributed by atoms with Crippen molar-refractivity contribution in [1.82, 2.24) is 9.97 Å². The molecule has 1 rings (SSSR count). The number of carbonyl (C=O) groups is 2. The van der Waals surface area contributed by atoms with E-state index in [1.54, 1.807) is 6.92 Å². The maximum absolute atomic E-state index is 11.1. The van der Waals surface area contributed by atoms with Gasteiger partial charge in [-0.3, -0.25) is 9.59 Å². The zero-order valence-electron chi connectivity index (χ0n) is 8.47. The normalized spacial score (nSPS) is 9.88. The molecule has 0 unspecified atom stereocenters. The standard InChI is InChI=1S/C9H9ClN2O3S/c1-2-15-7(14)4-16-9-6(3-13)8(10)11-5-12-9/h3,5H,2,4H2,1H3. The first-order valence-corrected chi connectivity index (χ1v) is 5.79. The van der Waals surface area contributed by atoms with Crippen molar-refractivity contribution in [2.24, 2.45) is 0 Å². The minimum atomic E-state index is -0.362. The quantitative estimate of drug-likeness (QED) is 0.347. The Balaban J connectivity index is 2.70. The first kappa shape index (κ1) is 12.9. The van der Waals surface area contributed by atoms with Gasteiger partial charge in [0.1, 0.15) is 16.5 Å². The van der Waals surface area contributed by atoms with E-state index in [9.17, 15) is 9.59 Å². The summed E-state index contributed by atoms with van der Waals surface area (Å²) in [5.41, 5.74) is 0.193. The Hall–Kier alpha value is -1.14. The lowest BCUT2D eigenvalue weighted by Crippen LogP contribution is -2.07. The summed E-state index contributed by atoms with van der Waals surface area (Å²) in [6.45, 7) is 2.05. The molecule has 0 saturated carbocycles. The topological polar surface area (TPSA) is 69.2 Å². The molecule has 0 radical (unpaired) electrons. The number of thioether (sulfide) groups is 1. The number of esters is 1. The van der Waals surface area contributed by atoms with Crippen LogP contribution in [0.3, 0.4) is 0 Å². The fourth-order valence-corrected chi connectivity index (χ4v) is 1.90. The molecule has 0 aliphatic carbocycles. The Kier molecular flexibility index (Phi) is 5.21. The lowest BCUT2D eigenvalue weighted by molar-refractivity contribution is -0.139. The van der Waals surface area contributed by atoms with Gasteiger partial charge in [-0.25, -0.2) is 9.97 Å². The molecule has 0 bridgehead atoms. The number of rotatable bonds is 5. The van der Waals surface area contributed by atoms with Gasteiger partial charge >= 0.3 is 5.97 Å². The van der Waals surface area contributed by atoms with E-state index in [1.165, 1.54) is 6.33 Å². The second kappa shape index (κ2) is 6.44. The van der Waals surface area contributed by atoms with E-state index < -0.39 is 0 Å². The predicted octanol–water partition coefficient (Wildman–Crippen LogP) is 1.60. The minimum Gasteiger partial charge on any atom is -0.465 e. The van der Waals surface area contributed by atoms with Gasteiger partial charge in [0.15, 0.2) is 6.29 Å². The lowest BCUT2D eigenvalue weighted by atomic mass is 10.4. The fourth-order valence-electron chi connectivity index (χ4n) is 0.903. The van der Waals surface area contributed by atoms with Gasteiger partial charge in [0.05, 0.1) is 17.9 Å². The van der Waals surface area contributed by atoms with Crippen LogP contribution in [-0.4, -0.2) is 34.6 Å². The van der Waals surface area contributed by atoms with Crippen molar-refractivity contribution in [2.45, 2.75) is 11.9 Å². The molecule has 0 N–H and O–H groups in total. The SMILES string of the molecule is CCOC(=O)CSc1ncnc(Cl)c1C=O. The number of hydrogen-bond donors (Lipinski definition) is 0. The molecule has 5 nitrogen and oxygen atoms in total. The maximum atomic E-state index is 11.1. The third-order valence-electron chi connectivity index (χ3n) is 1.55. The molecule has 0 saturated heterocycles. The van der Waals surface area contributed by atoms with Gasteiger partial charge < -0.3 is 4.74 Å². The minimum absolute atomic E-state index is 0.0800. The molecule has 0 atom stereocenters. The second-order valence-electron chi connectivity index (χ2n) is 2.59. The molecule has 0 aliphatic rings. The number of nitrogens with zero attached hydrogens (tertiary/aromatic N) is 2. The van der Waals surface area contributed by atoms with Crippen LogP contribution in [0.4, 0.5) is 0 Å². The first-order chi connectivity index (χ1) is 7.69. The second-order valence-corrected chi connectivity index (χ2v) is 3.92. The number of halogens is 1. The smallest absolute Gasteiger partial charge is 0.316 e. The van der Waals surface area contributed by atoms with Crippen molar-refractivity contribution in [3.05, 3.63) is 17.0 Å². The van der Waals surface area contributed by atoms with E-state index in [-0.39, 0.29) is 22.4 Å². The van der Waals surface area contributed by atoms with Gasteiger partial charge in [0.25, 0.3) is 0 Å². The summed E-state index contributed by atoms with van der Waals surface area (Å²) in [4.78, 5) is 29.4. The van der Waals surface area contributed by atoms with Gasteiger partial charge in [-0.15, -0.1) is 0 Å². The molecule has 0 amide bonds. The van der Waals surface area contributed by atoms with E-state index in [0.717, 1.165) is 11.8 Å². The molecule has 0 aliphatic heterocycles. The largest absolute Gasteiger partial charge is 0.465 e. The van der Waals surface area contributed by atoms with Crippen LogP contribution in [0.1, 0.15) is 17.3 Å². The van der Waals surface area contributed by atoms with Crippen LogP contribution in [-0.2, 0) is 9.53 Å². The number of ether oxygens (including phenoxy) is 1. The van der Waals surface area contributed by atoms with E-state index in [2.05, 4.69) is 9.97 Å². The third kappa shape index (κ3) is 3.46. The summed E-state index contributed by atoms with van der Waals surface area (Å²) in [6.07, 6.45) is 1.80. The Morgan fingerprint density at radius 1 is 1.62 bits per heavy atom. The number of carbonyl (C=O) groups excluding carboxylic acids is 2. The van der Waals surface area contributed by atoms with E-state index >= 15 is 0 Å². The fraction of sp³-hybridized carbons (Fsp3) is 0.333. The van der Waals surface area contributed by atoms with Gasteiger partial charge in [0.2, 0.25) is 0 Å². The van der Waals surface area contributed by atoms with Crippen molar-refractivity contribution in [3.8, 4) is 0 Å². The summed E-state index contributed by atoms with van der Waals surface area (Å²) >= 11 is 6.79. The molecule has 0 fully saturated rings. The summed E-state index contributed by atoms with van der Waals surface area (Å²) < 4.78 is 4.74. The third-order valence-corrected chi connectivity index (χ3v) is 2.83. The van der Waals surface area contributed by atoms with E-state index in [1.807, 2.05) is 0 Å². The number of aromatic nitrogens is 2. The van der Waals surface area contributed by atoms with Crippen LogP contribution >= 0.6 is 23.4 Å². The van der Waals surface area contributed by atoms with Crippen LogP contribution in [0.25, 0.3) is 0 Å². The Bertz CT molecular complexity index is 400. The van der Waals surface area contributed by atoms with Crippen LogP contribution in [0.15, 0.2) is 11.4 Å². The molecule has 1 heterocycles. The van der Waals surface area contributed by atoms with Crippen molar-refractivity contribution >= 4 is 35.6 Å². The molecular formula is C9H9ClN2O3S. The van der Waals surface area contributed by atoms with Gasteiger partial charge in [-0.2, -0.15) is 0 Å². The maximum Gasteiger partial charge on any atom is 0.316 e. The highest BCUT2D eigenvalue weighted by molar-refractivity contribution is 8.00. The number of aldehydes is 1. The van der Waals surface area contributed by atoms with Gasteiger partial charge in [0, 0.05) is 0 Å². The van der Waals surface area contributed by atoms with Crippen molar-refractivity contribution < 1.29 is 14.3 Å². The molecular weight excluding hydrogens is 252 g/mol.